The van der Waals surface area contributed by atoms with Crippen LogP contribution in [0.3, 0.4) is 0 Å². The molecular weight excluding hydrogens is 385 g/mol. The second-order valence-corrected chi connectivity index (χ2v) is 6.65. The Kier molecular flexibility index (Phi) is 5.44. The first kappa shape index (κ1) is 20.3. The molecule has 28 heavy (non-hydrogen) atoms. The van der Waals surface area contributed by atoms with Crippen LogP contribution in [0.5, 0.6) is 5.75 Å². The Bertz CT molecular complexity index is 852. The van der Waals surface area contributed by atoms with Gasteiger partial charge in [0, 0.05) is 6.20 Å². The molecule has 1 aromatic heterocycles. The summed E-state index contributed by atoms with van der Waals surface area (Å²) in [7, 11) is 0. The topological polar surface area (TPSA) is 80.4 Å². The van der Waals surface area contributed by atoms with Crippen LogP contribution < -0.4 is 16.0 Å². The molecule has 0 spiro atoms. The van der Waals surface area contributed by atoms with Crippen LogP contribution in [-0.4, -0.2) is 16.2 Å². The molecule has 2 aromatic rings. The van der Waals surface area contributed by atoms with Crippen LogP contribution in [0, 0.1) is 11.6 Å². The normalized spacial score (nSPS) is 22.8. The number of hydrogen-bond donors (Lipinski definition) is 3. The van der Waals surface area contributed by atoms with Crippen molar-refractivity contribution < 1.29 is 31.8 Å². The Hall–Kier alpha value is -2.46. The molecule has 0 radical (unpaired) electrons. The molecule has 0 saturated heterocycles. The second-order valence-electron chi connectivity index (χ2n) is 6.65. The SMILES string of the molecule is NNc1nccc(O[C@H]2CC[C@](O)(c3ccc(F)c(F)c3)CC2)c1C(F)(F)F. The summed E-state index contributed by atoms with van der Waals surface area (Å²) in [6.07, 6.45) is -3.50. The maximum Gasteiger partial charge on any atom is 0.423 e. The van der Waals surface area contributed by atoms with Gasteiger partial charge < -0.3 is 15.3 Å². The van der Waals surface area contributed by atoms with Gasteiger partial charge in [-0.2, -0.15) is 13.2 Å². The van der Waals surface area contributed by atoms with Gasteiger partial charge in [0.15, 0.2) is 17.5 Å². The van der Waals surface area contributed by atoms with Crippen LogP contribution in [0.25, 0.3) is 0 Å². The highest BCUT2D eigenvalue weighted by Crippen LogP contribution is 2.43. The van der Waals surface area contributed by atoms with Gasteiger partial charge in [-0.1, -0.05) is 6.07 Å². The lowest BCUT2D eigenvalue weighted by molar-refractivity contribution is -0.139. The van der Waals surface area contributed by atoms with Crippen molar-refractivity contribution in [3.05, 3.63) is 53.2 Å². The van der Waals surface area contributed by atoms with Gasteiger partial charge in [-0.05, 0) is 49.4 Å². The Balaban J connectivity index is 1.75. The fourth-order valence-corrected chi connectivity index (χ4v) is 3.37. The van der Waals surface area contributed by atoms with Gasteiger partial charge in [-0.15, -0.1) is 0 Å². The number of hydrogen-bond acceptors (Lipinski definition) is 5. The quantitative estimate of drug-likeness (QED) is 0.410. The van der Waals surface area contributed by atoms with E-state index in [1.54, 1.807) is 0 Å². The summed E-state index contributed by atoms with van der Waals surface area (Å²) >= 11 is 0. The maximum absolute atomic E-state index is 13.5. The molecule has 1 aromatic carbocycles. The lowest BCUT2D eigenvalue weighted by Crippen LogP contribution is -2.36. The number of halogens is 5. The number of nitrogens with two attached hydrogens (primary N) is 1. The molecule has 1 aliphatic rings. The number of anilines is 1. The second kappa shape index (κ2) is 7.51. The number of aromatic nitrogens is 1. The highest BCUT2D eigenvalue weighted by molar-refractivity contribution is 5.52. The summed E-state index contributed by atoms with van der Waals surface area (Å²) in [6, 6.07) is 4.25. The summed E-state index contributed by atoms with van der Waals surface area (Å²) in [5, 5.41) is 10.7. The van der Waals surface area contributed by atoms with E-state index in [2.05, 4.69) is 4.98 Å². The van der Waals surface area contributed by atoms with Crippen LogP contribution in [0.2, 0.25) is 0 Å². The molecule has 0 atom stereocenters. The first-order valence-corrected chi connectivity index (χ1v) is 8.51. The molecule has 1 fully saturated rings. The monoisotopic (exact) mass is 403 g/mol. The molecule has 5 nitrogen and oxygen atoms in total. The van der Waals surface area contributed by atoms with Gasteiger partial charge >= 0.3 is 6.18 Å². The highest BCUT2D eigenvalue weighted by atomic mass is 19.4. The fraction of sp³-hybridized carbons (Fsp3) is 0.389. The van der Waals surface area contributed by atoms with Crippen molar-refractivity contribution in [2.45, 2.75) is 43.6 Å². The third-order valence-corrected chi connectivity index (χ3v) is 4.84. The van der Waals surface area contributed by atoms with E-state index in [0.29, 0.717) is 0 Å². The lowest BCUT2D eigenvalue weighted by Gasteiger charge is -2.36. The summed E-state index contributed by atoms with van der Waals surface area (Å²) in [4.78, 5) is 3.55. The van der Waals surface area contributed by atoms with E-state index in [-0.39, 0.29) is 31.2 Å². The number of nitrogen functional groups attached to an aromatic ring is 1. The van der Waals surface area contributed by atoms with Crippen LogP contribution in [0.4, 0.5) is 27.8 Å². The van der Waals surface area contributed by atoms with E-state index in [4.69, 9.17) is 10.6 Å². The molecule has 4 N–H and O–H groups in total. The van der Waals surface area contributed by atoms with Gasteiger partial charge in [-0.25, -0.2) is 19.6 Å². The molecule has 1 aliphatic carbocycles. The number of alkyl halides is 3. The van der Waals surface area contributed by atoms with E-state index in [0.717, 1.165) is 24.4 Å². The summed E-state index contributed by atoms with van der Waals surface area (Å²) in [6.45, 7) is 0. The number of nitrogens with one attached hydrogen (secondary N) is 1. The molecule has 1 saturated carbocycles. The molecule has 0 unspecified atom stereocenters. The number of aliphatic hydroxyl groups is 1. The summed E-state index contributed by atoms with van der Waals surface area (Å²) in [5.41, 5.74) is -0.383. The molecule has 152 valence electrons. The number of rotatable bonds is 4. The number of benzene rings is 1. The van der Waals surface area contributed by atoms with E-state index in [1.165, 1.54) is 6.07 Å². The Morgan fingerprint density at radius 3 is 2.39 bits per heavy atom. The van der Waals surface area contributed by atoms with E-state index in [1.807, 2.05) is 5.43 Å². The largest absolute Gasteiger partial charge is 0.490 e. The van der Waals surface area contributed by atoms with Crippen LogP contribution in [0.1, 0.15) is 36.8 Å². The smallest absolute Gasteiger partial charge is 0.423 e. The van der Waals surface area contributed by atoms with Gasteiger partial charge in [0.2, 0.25) is 0 Å². The van der Waals surface area contributed by atoms with E-state index < -0.39 is 46.6 Å². The Morgan fingerprint density at radius 1 is 1.14 bits per heavy atom. The van der Waals surface area contributed by atoms with E-state index in [9.17, 15) is 27.1 Å². The summed E-state index contributed by atoms with van der Waals surface area (Å²) < 4.78 is 72.1. The molecule has 10 heteroatoms. The van der Waals surface area contributed by atoms with Crippen molar-refractivity contribution in [3.8, 4) is 5.75 Å². The van der Waals surface area contributed by atoms with Gasteiger partial charge in [0.25, 0.3) is 0 Å². The Morgan fingerprint density at radius 2 is 1.82 bits per heavy atom. The Labute approximate surface area is 157 Å². The van der Waals surface area contributed by atoms with Crippen molar-refractivity contribution >= 4 is 5.82 Å². The minimum Gasteiger partial charge on any atom is -0.490 e. The fourth-order valence-electron chi connectivity index (χ4n) is 3.37. The molecule has 3 rings (SSSR count). The third kappa shape index (κ3) is 4.02. The predicted octanol–water partition coefficient (Wildman–Crippen LogP) is 3.87. The lowest BCUT2D eigenvalue weighted by atomic mass is 9.78. The molecule has 1 heterocycles. The number of ether oxygens (including phenoxy) is 1. The van der Waals surface area contributed by atoms with Crippen molar-refractivity contribution in [1.82, 2.24) is 4.98 Å². The van der Waals surface area contributed by atoms with Crippen LogP contribution >= 0.6 is 0 Å². The standard InChI is InChI=1S/C18H18F5N3O2/c19-12-2-1-10(9-13(12)20)17(27)6-3-11(4-7-17)28-14-5-8-25-16(26-24)15(14)18(21,22)23/h1-2,5,8-9,11,27H,3-4,6-7,24H2,(H,25,26)/t11-,17+. The minimum absolute atomic E-state index is 0.122. The van der Waals surface area contributed by atoms with Gasteiger partial charge in [0.1, 0.15) is 11.3 Å². The van der Waals surface area contributed by atoms with Crippen LogP contribution in [-0.2, 0) is 11.8 Å². The van der Waals surface area contributed by atoms with Crippen molar-refractivity contribution in [2.75, 3.05) is 5.43 Å². The minimum atomic E-state index is -4.73. The zero-order valence-electron chi connectivity index (χ0n) is 14.6. The third-order valence-electron chi connectivity index (χ3n) is 4.84. The van der Waals surface area contributed by atoms with Crippen molar-refractivity contribution in [3.63, 3.8) is 0 Å². The molecule has 0 amide bonds. The zero-order chi connectivity index (χ0) is 20.5. The van der Waals surface area contributed by atoms with Crippen molar-refractivity contribution in [2.24, 2.45) is 5.84 Å². The zero-order valence-corrected chi connectivity index (χ0v) is 14.6. The van der Waals surface area contributed by atoms with Crippen LogP contribution in [0.15, 0.2) is 30.5 Å². The number of nitrogens with zero attached hydrogens (tertiary/aromatic N) is 1. The van der Waals surface area contributed by atoms with Gasteiger partial charge in [0.05, 0.1) is 11.7 Å². The average molecular weight is 403 g/mol. The number of hydrazine groups is 1. The van der Waals surface area contributed by atoms with E-state index >= 15 is 0 Å². The predicted molar refractivity (Wildman–Crippen MR) is 90.2 cm³/mol. The van der Waals surface area contributed by atoms with Gasteiger partial charge in [-0.3, -0.25) is 0 Å². The molecule has 0 bridgehead atoms. The first-order valence-electron chi connectivity index (χ1n) is 8.51. The first-order chi connectivity index (χ1) is 13.1. The highest BCUT2D eigenvalue weighted by Gasteiger charge is 2.40. The molecule has 0 aliphatic heterocycles. The summed E-state index contributed by atoms with van der Waals surface area (Å²) in [5.74, 6) is 2.05. The maximum atomic E-state index is 13.5. The van der Waals surface area contributed by atoms with Crippen molar-refractivity contribution in [1.29, 1.82) is 0 Å². The average Bonchev–Trinajstić information content (AvgIpc) is 2.64. The number of pyridine rings is 1. The molecular formula is C18H18F5N3O2.